The molecule has 0 unspecified atom stereocenters. The lowest BCUT2D eigenvalue weighted by molar-refractivity contribution is -0.641. The number of aryl methyl sites for hydroxylation is 2. The Kier molecular flexibility index (Phi) is 4.58. The zero-order chi connectivity index (χ0) is 17.8. The van der Waals surface area contributed by atoms with E-state index in [0.717, 1.165) is 13.1 Å². The number of anilines is 2. The van der Waals surface area contributed by atoms with Crippen molar-refractivity contribution in [3.05, 3.63) is 66.2 Å². The molecule has 2 nitrogen and oxygen atoms in total. The number of hydrogen-bond donors (Lipinski definition) is 0. The molecule has 0 spiro atoms. The van der Waals surface area contributed by atoms with Crippen molar-refractivity contribution in [1.82, 2.24) is 0 Å². The van der Waals surface area contributed by atoms with Crippen LogP contribution in [-0.2, 0) is 6.54 Å². The topological polar surface area (TPSA) is 7.12 Å². The van der Waals surface area contributed by atoms with Gasteiger partial charge in [0.25, 0.3) is 0 Å². The molecule has 5 rings (SSSR count). The quantitative estimate of drug-likeness (QED) is 0.251. The molecule has 1 aromatic heterocycles. The van der Waals surface area contributed by atoms with Crippen LogP contribution in [0.5, 0.6) is 0 Å². The van der Waals surface area contributed by atoms with E-state index < -0.39 is 0 Å². The summed E-state index contributed by atoms with van der Waals surface area (Å²) in [6.45, 7) is 8.62. The molecule has 136 valence electrons. The predicted octanol–water partition coefficient (Wildman–Crippen LogP) is 2.75. The molecular formula is C24H23IN2. The van der Waals surface area contributed by atoms with E-state index in [2.05, 4.69) is 90.9 Å². The van der Waals surface area contributed by atoms with Crippen molar-refractivity contribution in [2.45, 2.75) is 27.3 Å². The molecule has 2 heterocycles. The van der Waals surface area contributed by atoms with Crippen molar-refractivity contribution in [2.24, 2.45) is 0 Å². The fourth-order valence-electron chi connectivity index (χ4n) is 4.62. The molecule has 0 bridgehead atoms. The van der Waals surface area contributed by atoms with Gasteiger partial charge in [-0.05, 0) is 38.5 Å². The van der Waals surface area contributed by atoms with Crippen molar-refractivity contribution in [3.63, 3.8) is 0 Å². The van der Waals surface area contributed by atoms with E-state index in [9.17, 15) is 0 Å². The number of halogens is 1. The van der Waals surface area contributed by atoms with Gasteiger partial charge < -0.3 is 28.9 Å². The van der Waals surface area contributed by atoms with Crippen molar-refractivity contribution >= 4 is 33.2 Å². The van der Waals surface area contributed by atoms with Crippen LogP contribution in [0.25, 0.3) is 32.9 Å². The minimum Gasteiger partial charge on any atom is -1.00 e. The molecule has 1 aliphatic heterocycles. The Labute approximate surface area is 177 Å². The standard InChI is InChI=1S/C24H23N2.HI/c1-4-25-21-13-9-7-11-18(21)24-23-19(14-16(3)15-22(23)25)17-10-6-8-12-20(17)26(24)5-2;/h6-15H,4-5H2,1-3H3;1H/q+1;/p-1. The van der Waals surface area contributed by atoms with E-state index in [1.807, 2.05) is 0 Å². The molecule has 4 aromatic rings. The van der Waals surface area contributed by atoms with Gasteiger partial charge in [0.05, 0.1) is 16.5 Å². The van der Waals surface area contributed by atoms with Crippen LogP contribution in [0.4, 0.5) is 11.4 Å². The zero-order valence-electron chi connectivity index (χ0n) is 16.0. The van der Waals surface area contributed by atoms with Gasteiger partial charge in [-0.15, -0.1) is 0 Å². The third kappa shape index (κ3) is 2.48. The average molecular weight is 466 g/mol. The maximum Gasteiger partial charge on any atom is 0.216 e. The van der Waals surface area contributed by atoms with Crippen LogP contribution in [0.2, 0.25) is 0 Å². The number of para-hydroxylation sites is 2. The summed E-state index contributed by atoms with van der Waals surface area (Å²) in [6.07, 6.45) is 0. The first-order chi connectivity index (χ1) is 12.7. The normalized spacial score (nSPS) is 12.2. The summed E-state index contributed by atoms with van der Waals surface area (Å²) in [5, 5.41) is 2.72. The van der Waals surface area contributed by atoms with Crippen molar-refractivity contribution in [2.75, 3.05) is 11.4 Å². The highest BCUT2D eigenvalue weighted by molar-refractivity contribution is 6.17. The van der Waals surface area contributed by atoms with Crippen molar-refractivity contribution in [3.8, 4) is 11.1 Å². The second kappa shape index (κ2) is 6.79. The van der Waals surface area contributed by atoms with Gasteiger partial charge in [-0.2, -0.15) is 4.57 Å². The SMILES string of the molecule is CCN1c2ccccc2-c2cc(C)cc3c2c1c1ccccc1[n+]3CC.[I-]. The number of hydrogen-bond acceptors (Lipinski definition) is 1. The molecule has 27 heavy (non-hydrogen) atoms. The number of benzene rings is 3. The van der Waals surface area contributed by atoms with Gasteiger partial charge >= 0.3 is 0 Å². The molecular weight excluding hydrogens is 443 g/mol. The molecule has 0 aliphatic carbocycles. The van der Waals surface area contributed by atoms with E-state index >= 15 is 0 Å². The minimum absolute atomic E-state index is 0. The second-order valence-corrected chi connectivity index (χ2v) is 7.08. The molecule has 3 heteroatoms. The molecule has 0 saturated carbocycles. The van der Waals surface area contributed by atoms with E-state index in [0.29, 0.717) is 0 Å². The van der Waals surface area contributed by atoms with E-state index in [4.69, 9.17) is 0 Å². The smallest absolute Gasteiger partial charge is 0.216 e. The predicted molar refractivity (Wildman–Crippen MR) is 110 cm³/mol. The first kappa shape index (κ1) is 18.2. The fourth-order valence-corrected chi connectivity index (χ4v) is 4.62. The molecule has 0 N–H and O–H groups in total. The largest absolute Gasteiger partial charge is 1.00 e. The average Bonchev–Trinajstić information content (AvgIpc) is 2.68. The van der Waals surface area contributed by atoms with E-state index in [1.54, 1.807) is 0 Å². The van der Waals surface area contributed by atoms with Crippen LogP contribution in [0.1, 0.15) is 19.4 Å². The summed E-state index contributed by atoms with van der Waals surface area (Å²) in [5.41, 5.74) is 9.34. The lowest BCUT2D eigenvalue weighted by atomic mass is 9.90. The molecule has 0 amide bonds. The third-order valence-electron chi connectivity index (χ3n) is 5.63. The highest BCUT2D eigenvalue weighted by atomic mass is 127. The van der Waals surface area contributed by atoms with Gasteiger partial charge in [0, 0.05) is 35.5 Å². The molecule has 1 aliphatic rings. The summed E-state index contributed by atoms with van der Waals surface area (Å²) >= 11 is 0. The highest BCUT2D eigenvalue weighted by Crippen LogP contribution is 2.49. The van der Waals surface area contributed by atoms with Gasteiger partial charge in [-0.25, -0.2) is 0 Å². The lowest BCUT2D eigenvalue weighted by Crippen LogP contribution is -3.00. The maximum atomic E-state index is 2.49. The molecule has 0 saturated heterocycles. The Bertz CT molecular complexity index is 1180. The van der Waals surface area contributed by atoms with Crippen molar-refractivity contribution in [1.29, 1.82) is 0 Å². The number of pyridine rings is 1. The van der Waals surface area contributed by atoms with Crippen LogP contribution in [-0.4, -0.2) is 6.54 Å². The Morgan fingerprint density at radius 2 is 1.59 bits per heavy atom. The van der Waals surface area contributed by atoms with Crippen LogP contribution in [0.15, 0.2) is 60.7 Å². The van der Waals surface area contributed by atoms with Crippen molar-refractivity contribution < 1.29 is 28.5 Å². The van der Waals surface area contributed by atoms with Crippen LogP contribution in [0.3, 0.4) is 0 Å². The first-order valence-corrected chi connectivity index (χ1v) is 9.50. The Morgan fingerprint density at radius 3 is 2.37 bits per heavy atom. The number of fused-ring (bicyclic) bond motifs is 4. The molecule has 3 aromatic carbocycles. The van der Waals surface area contributed by atoms with Gasteiger partial charge in [-0.1, -0.05) is 36.4 Å². The number of aromatic nitrogens is 1. The Morgan fingerprint density at radius 1 is 0.852 bits per heavy atom. The Hall–Kier alpha value is -2.14. The summed E-state index contributed by atoms with van der Waals surface area (Å²) < 4.78 is 2.46. The van der Waals surface area contributed by atoms with Gasteiger partial charge in [0.1, 0.15) is 6.54 Å². The third-order valence-corrected chi connectivity index (χ3v) is 5.63. The fraction of sp³-hybridized carbons (Fsp3) is 0.208. The summed E-state index contributed by atoms with van der Waals surface area (Å²) in [5.74, 6) is 0. The summed E-state index contributed by atoms with van der Waals surface area (Å²) in [6, 6.07) is 22.4. The molecule has 0 radical (unpaired) electrons. The number of nitrogens with zero attached hydrogens (tertiary/aromatic N) is 2. The second-order valence-electron chi connectivity index (χ2n) is 7.08. The van der Waals surface area contributed by atoms with E-state index in [1.165, 1.54) is 49.9 Å². The van der Waals surface area contributed by atoms with E-state index in [-0.39, 0.29) is 24.0 Å². The van der Waals surface area contributed by atoms with Crippen LogP contribution < -0.4 is 33.4 Å². The lowest BCUT2D eigenvalue weighted by Gasteiger charge is -2.33. The zero-order valence-corrected chi connectivity index (χ0v) is 18.1. The van der Waals surface area contributed by atoms with Crippen LogP contribution in [0, 0.1) is 6.92 Å². The van der Waals surface area contributed by atoms with Gasteiger partial charge in [0.15, 0.2) is 0 Å². The number of rotatable bonds is 2. The molecule has 0 atom stereocenters. The minimum atomic E-state index is 0. The summed E-state index contributed by atoms with van der Waals surface area (Å²) in [7, 11) is 0. The van der Waals surface area contributed by atoms with Crippen LogP contribution >= 0.6 is 0 Å². The molecule has 0 fully saturated rings. The summed E-state index contributed by atoms with van der Waals surface area (Å²) in [4.78, 5) is 2.49. The van der Waals surface area contributed by atoms with Gasteiger partial charge in [-0.3, -0.25) is 0 Å². The highest BCUT2D eigenvalue weighted by Gasteiger charge is 2.30. The Balaban J connectivity index is 0.00000180. The van der Waals surface area contributed by atoms with Gasteiger partial charge in [0.2, 0.25) is 11.0 Å². The monoisotopic (exact) mass is 466 g/mol. The first-order valence-electron chi connectivity index (χ1n) is 9.50. The maximum absolute atomic E-state index is 2.49.